The standard InChI is InChI=1S/C13H8O6/c14-11(15)8-4-1-2-5-9(8)12(16)19-13(17)10-6-3-7-18-10/h1-7H,(H,14,15). The Labute approximate surface area is 107 Å². The summed E-state index contributed by atoms with van der Waals surface area (Å²) in [6.45, 7) is 0. The van der Waals surface area contributed by atoms with Gasteiger partial charge in [0.1, 0.15) is 0 Å². The first-order chi connectivity index (χ1) is 9.09. The van der Waals surface area contributed by atoms with E-state index in [1.807, 2.05) is 0 Å². The number of esters is 2. The Kier molecular flexibility index (Phi) is 3.42. The number of carboxylic acid groups (broad SMARTS) is 1. The van der Waals surface area contributed by atoms with E-state index in [0.29, 0.717) is 0 Å². The van der Waals surface area contributed by atoms with Crippen LogP contribution in [0.15, 0.2) is 47.1 Å². The molecule has 0 saturated carbocycles. The summed E-state index contributed by atoms with van der Waals surface area (Å²) in [5, 5.41) is 8.92. The Hall–Kier alpha value is -2.89. The van der Waals surface area contributed by atoms with Gasteiger partial charge in [-0.05, 0) is 24.3 Å². The maximum absolute atomic E-state index is 11.7. The topological polar surface area (TPSA) is 93.8 Å². The fourth-order valence-corrected chi connectivity index (χ4v) is 1.43. The maximum Gasteiger partial charge on any atom is 0.382 e. The van der Waals surface area contributed by atoms with E-state index in [9.17, 15) is 14.4 Å². The van der Waals surface area contributed by atoms with Crippen molar-refractivity contribution in [3.05, 3.63) is 59.5 Å². The van der Waals surface area contributed by atoms with Gasteiger partial charge < -0.3 is 14.3 Å². The van der Waals surface area contributed by atoms with Crippen molar-refractivity contribution < 1.29 is 28.6 Å². The molecule has 0 saturated heterocycles. The van der Waals surface area contributed by atoms with E-state index in [-0.39, 0.29) is 16.9 Å². The molecule has 2 rings (SSSR count). The maximum atomic E-state index is 11.7. The van der Waals surface area contributed by atoms with Crippen molar-refractivity contribution in [2.45, 2.75) is 0 Å². The van der Waals surface area contributed by atoms with Gasteiger partial charge in [0.05, 0.1) is 17.4 Å². The molecule has 6 heteroatoms. The Morgan fingerprint density at radius 3 is 2.21 bits per heavy atom. The summed E-state index contributed by atoms with van der Waals surface area (Å²) in [7, 11) is 0. The zero-order valence-electron chi connectivity index (χ0n) is 9.53. The lowest BCUT2D eigenvalue weighted by molar-refractivity contribution is 0.0370. The molecule has 2 aromatic rings. The Morgan fingerprint density at radius 1 is 0.947 bits per heavy atom. The van der Waals surface area contributed by atoms with Gasteiger partial charge in [0.25, 0.3) is 0 Å². The highest BCUT2D eigenvalue weighted by atomic mass is 16.6. The highest BCUT2D eigenvalue weighted by Crippen LogP contribution is 2.12. The van der Waals surface area contributed by atoms with Crippen molar-refractivity contribution in [1.29, 1.82) is 0 Å². The number of rotatable bonds is 3. The number of benzene rings is 1. The van der Waals surface area contributed by atoms with Gasteiger partial charge in [0, 0.05) is 0 Å². The molecule has 96 valence electrons. The first-order valence-electron chi connectivity index (χ1n) is 5.22. The number of carbonyl (C=O) groups is 3. The van der Waals surface area contributed by atoms with Crippen LogP contribution < -0.4 is 0 Å². The van der Waals surface area contributed by atoms with Crippen LogP contribution in [0.1, 0.15) is 31.3 Å². The second kappa shape index (κ2) is 5.18. The molecule has 0 amide bonds. The SMILES string of the molecule is O=C(OC(=O)c1ccccc1C(=O)O)c1ccco1. The van der Waals surface area contributed by atoms with Crippen molar-refractivity contribution in [2.24, 2.45) is 0 Å². The molecule has 0 unspecified atom stereocenters. The highest BCUT2D eigenvalue weighted by Gasteiger charge is 2.21. The molecule has 1 aromatic carbocycles. The van der Waals surface area contributed by atoms with Crippen LogP contribution >= 0.6 is 0 Å². The van der Waals surface area contributed by atoms with Crippen molar-refractivity contribution in [3.63, 3.8) is 0 Å². The van der Waals surface area contributed by atoms with Crippen LogP contribution in [-0.4, -0.2) is 23.0 Å². The molecule has 0 fully saturated rings. The fraction of sp³-hybridized carbons (Fsp3) is 0. The summed E-state index contributed by atoms with van der Waals surface area (Å²) in [5.74, 6) is -3.44. The number of carbonyl (C=O) groups excluding carboxylic acids is 2. The first kappa shape index (κ1) is 12.6. The second-order valence-electron chi connectivity index (χ2n) is 3.51. The smallest absolute Gasteiger partial charge is 0.382 e. The summed E-state index contributed by atoms with van der Waals surface area (Å²) in [6.07, 6.45) is 1.26. The predicted molar refractivity (Wildman–Crippen MR) is 61.9 cm³/mol. The summed E-state index contributed by atoms with van der Waals surface area (Å²) < 4.78 is 9.30. The zero-order valence-corrected chi connectivity index (χ0v) is 9.53. The quantitative estimate of drug-likeness (QED) is 0.669. The molecule has 0 radical (unpaired) electrons. The Bertz CT molecular complexity index is 626. The minimum atomic E-state index is -1.28. The molecule has 19 heavy (non-hydrogen) atoms. The van der Waals surface area contributed by atoms with Gasteiger partial charge in [-0.25, -0.2) is 14.4 Å². The Balaban J connectivity index is 2.21. The van der Waals surface area contributed by atoms with Crippen LogP contribution in [0.3, 0.4) is 0 Å². The first-order valence-corrected chi connectivity index (χ1v) is 5.22. The van der Waals surface area contributed by atoms with Gasteiger partial charge in [0.15, 0.2) is 0 Å². The van der Waals surface area contributed by atoms with Crippen LogP contribution in [0.2, 0.25) is 0 Å². The van der Waals surface area contributed by atoms with Crippen molar-refractivity contribution in [1.82, 2.24) is 0 Å². The molecule has 1 aromatic heterocycles. The lowest BCUT2D eigenvalue weighted by Crippen LogP contribution is -2.15. The molecular formula is C13H8O6. The number of hydrogen-bond acceptors (Lipinski definition) is 5. The van der Waals surface area contributed by atoms with E-state index >= 15 is 0 Å². The molecule has 1 heterocycles. The average molecular weight is 260 g/mol. The van der Waals surface area contributed by atoms with E-state index in [0.717, 1.165) is 0 Å². The third kappa shape index (κ3) is 2.68. The van der Waals surface area contributed by atoms with Crippen LogP contribution in [0.25, 0.3) is 0 Å². The van der Waals surface area contributed by atoms with E-state index in [4.69, 9.17) is 9.52 Å². The average Bonchev–Trinajstić information content (AvgIpc) is 2.92. The molecule has 0 aliphatic rings. The van der Waals surface area contributed by atoms with Gasteiger partial charge in [-0.3, -0.25) is 0 Å². The van der Waals surface area contributed by atoms with Crippen molar-refractivity contribution in [3.8, 4) is 0 Å². The van der Waals surface area contributed by atoms with Gasteiger partial charge >= 0.3 is 17.9 Å². The third-order valence-corrected chi connectivity index (χ3v) is 2.29. The molecule has 0 aliphatic carbocycles. The molecule has 0 atom stereocenters. The number of hydrogen-bond donors (Lipinski definition) is 1. The normalized spacial score (nSPS) is 9.89. The van der Waals surface area contributed by atoms with Crippen LogP contribution in [0.4, 0.5) is 0 Å². The number of furan rings is 1. The van der Waals surface area contributed by atoms with E-state index in [2.05, 4.69) is 4.74 Å². The summed E-state index contributed by atoms with van der Waals surface area (Å²) in [5.41, 5.74) is -0.436. The number of carboxylic acids is 1. The van der Waals surface area contributed by atoms with Crippen LogP contribution in [0, 0.1) is 0 Å². The lowest BCUT2D eigenvalue weighted by Gasteiger charge is -2.04. The minimum Gasteiger partial charge on any atom is -0.478 e. The second-order valence-corrected chi connectivity index (χ2v) is 3.51. The molecule has 0 aliphatic heterocycles. The summed E-state index contributed by atoms with van der Waals surface area (Å²) >= 11 is 0. The van der Waals surface area contributed by atoms with E-state index in [1.165, 1.54) is 42.7 Å². The van der Waals surface area contributed by atoms with E-state index in [1.54, 1.807) is 0 Å². The number of ether oxygens (including phenoxy) is 1. The summed E-state index contributed by atoms with van der Waals surface area (Å²) in [6, 6.07) is 8.25. The van der Waals surface area contributed by atoms with Crippen LogP contribution in [-0.2, 0) is 4.74 Å². The van der Waals surface area contributed by atoms with Crippen LogP contribution in [0.5, 0.6) is 0 Å². The minimum absolute atomic E-state index is 0.138. The van der Waals surface area contributed by atoms with Gasteiger partial charge in [0.2, 0.25) is 5.76 Å². The van der Waals surface area contributed by atoms with Gasteiger partial charge in [-0.2, -0.15) is 0 Å². The monoisotopic (exact) mass is 260 g/mol. The zero-order chi connectivity index (χ0) is 13.8. The molecular weight excluding hydrogens is 252 g/mol. The lowest BCUT2D eigenvalue weighted by atomic mass is 10.1. The molecule has 0 bridgehead atoms. The highest BCUT2D eigenvalue weighted by molar-refractivity contribution is 6.07. The molecule has 1 N–H and O–H groups in total. The summed E-state index contributed by atoms with van der Waals surface area (Å²) in [4.78, 5) is 34.1. The largest absolute Gasteiger partial charge is 0.478 e. The fourth-order valence-electron chi connectivity index (χ4n) is 1.43. The number of aromatic carboxylic acids is 1. The predicted octanol–water partition coefficient (Wildman–Crippen LogP) is 1.98. The third-order valence-electron chi connectivity index (χ3n) is 2.29. The van der Waals surface area contributed by atoms with Gasteiger partial charge in [-0.15, -0.1) is 0 Å². The molecule has 6 nitrogen and oxygen atoms in total. The Morgan fingerprint density at radius 2 is 1.63 bits per heavy atom. The van der Waals surface area contributed by atoms with E-state index < -0.39 is 17.9 Å². The molecule has 0 spiro atoms. The van der Waals surface area contributed by atoms with Crippen molar-refractivity contribution in [2.75, 3.05) is 0 Å². The van der Waals surface area contributed by atoms with Crippen molar-refractivity contribution >= 4 is 17.9 Å². The van der Waals surface area contributed by atoms with Gasteiger partial charge in [-0.1, -0.05) is 12.1 Å².